The van der Waals surface area contributed by atoms with E-state index in [-0.39, 0.29) is 37.4 Å². The normalized spacial score (nSPS) is 19.1. The van der Waals surface area contributed by atoms with Crippen LogP contribution < -0.4 is 5.32 Å². The monoisotopic (exact) mass is 377 g/mol. The maximum atomic E-state index is 12.2. The van der Waals surface area contributed by atoms with Gasteiger partial charge in [-0.3, -0.25) is 19.2 Å². The van der Waals surface area contributed by atoms with Gasteiger partial charge in [-0.05, 0) is 25.0 Å². The number of esters is 1. The minimum absolute atomic E-state index is 0.0490. The Morgan fingerprint density at radius 3 is 2.81 bits per heavy atom. The number of hydrogen-bond acceptors (Lipinski definition) is 6. The Bertz CT molecular complexity index is 713. The molecule has 0 spiro atoms. The largest absolute Gasteiger partial charge is 0.467 e. The van der Waals surface area contributed by atoms with Gasteiger partial charge in [0.1, 0.15) is 5.76 Å². The number of carbonyl (C=O) groups is 4. The second-order valence-corrected chi connectivity index (χ2v) is 6.95. The molecule has 3 amide bonds. The van der Waals surface area contributed by atoms with Crippen LogP contribution in [0.4, 0.5) is 0 Å². The fourth-order valence-corrected chi connectivity index (χ4v) is 2.84. The molecule has 2 aliphatic rings. The Balaban J connectivity index is 1.39. The number of rotatable bonds is 8. The second-order valence-electron chi connectivity index (χ2n) is 6.95. The first-order valence-corrected chi connectivity index (χ1v) is 8.92. The van der Waals surface area contributed by atoms with Gasteiger partial charge in [-0.1, -0.05) is 0 Å². The summed E-state index contributed by atoms with van der Waals surface area (Å²) in [5, 5.41) is 2.79. The van der Waals surface area contributed by atoms with Crippen molar-refractivity contribution in [2.45, 2.75) is 31.8 Å². The molecule has 1 aromatic rings. The summed E-state index contributed by atoms with van der Waals surface area (Å²) in [5.74, 6) is -1.41. The third-order valence-electron chi connectivity index (χ3n) is 4.56. The lowest BCUT2D eigenvalue weighted by molar-refractivity contribution is -0.155. The molecule has 0 radical (unpaired) electrons. The van der Waals surface area contributed by atoms with E-state index in [2.05, 4.69) is 5.32 Å². The molecular weight excluding hydrogens is 354 g/mol. The van der Waals surface area contributed by atoms with Crippen molar-refractivity contribution in [1.29, 1.82) is 0 Å². The van der Waals surface area contributed by atoms with Gasteiger partial charge in [-0.2, -0.15) is 0 Å². The maximum Gasteiger partial charge on any atom is 0.311 e. The molecule has 1 aliphatic heterocycles. The number of ether oxygens (including phenoxy) is 1. The highest BCUT2D eigenvalue weighted by Gasteiger charge is 2.36. The predicted molar refractivity (Wildman–Crippen MR) is 92.0 cm³/mol. The van der Waals surface area contributed by atoms with Gasteiger partial charge in [-0.15, -0.1) is 0 Å². The molecule has 146 valence electrons. The highest BCUT2D eigenvalue weighted by atomic mass is 16.5. The third kappa shape index (κ3) is 5.32. The molecule has 9 heteroatoms. The summed E-state index contributed by atoms with van der Waals surface area (Å²) < 4.78 is 10.3. The third-order valence-corrected chi connectivity index (χ3v) is 4.56. The first kappa shape index (κ1) is 18.9. The van der Waals surface area contributed by atoms with Gasteiger partial charge in [-0.25, -0.2) is 0 Å². The molecule has 27 heavy (non-hydrogen) atoms. The molecule has 1 aromatic heterocycles. The van der Waals surface area contributed by atoms with Gasteiger partial charge < -0.3 is 24.3 Å². The number of nitrogens with one attached hydrogen (secondary N) is 1. The smallest absolute Gasteiger partial charge is 0.311 e. The Morgan fingerprint density at radius 1 is 1.37 bits per heavy atom. The lowest BCUT2D eigenvalue weighted by Crippen LogP contribution is -2.41. The average molecular weight is 377 g/mol. The summed E-state index contributed by atoms with van der Waals surface area (Å²) in [6.45, 7) is 0.000216. The van der Waals surface area contributed by atoms with Crippen LogP contribution in [0.15, 0.2) is 22.8 Å². The van der Waals surface area contributed by atoms with E-state index in [9.17, 15) is 19.2 Å². The Kier molecular flexibility index (Phi) is 5.78. The lowest BCUT2D eigenvalue weighted by atomic mass is 10.1. The minimum atomic E-state index is -0.608. The molecule has 1 atom stereocenters. The molecule has 2 fully saturated rings. The van der Waals surface area contributed by atoms with E-state index in [0.29, 0.717) is 12.3 Å². The summed E-state index contributed by atoms with van der Waals surface area (Å²) in [6, 6.07) is 3.71. The van der Waals surface area contributed by atoms with Crippen LogP contribution >= 0.6 is 0 Å². The number of nitrogens with zero attached hydrogens (tertiary/aromatic N) is 2. The number of likely N-dealkylation sites (N-methyl/N-ethyl adjacent to an activating group) is 1. The van der Waals surface area contributed by atoms with Crippen LogP contribution in [0, 0.1) is 5.92 Å². The van der Waals surface area contributed by atoms with E-state index in [1.54, 1.807) is 12.1 Å². The van der Waals surface area contributed by atoms with Gasteiger partial charge in [0, 0.05) is 26.1 Å². The van der Waals surface area contributed by atoms with Crippen molar-refractivity contribution < 1.29 is 28.3 Å². The predicted octanol–water partition coefficient (Wildman–Crippen LogP) is -0.0917. The van der Waals surface area contributed by atoms with Crippen molar-refractivity contribution in [3.8, 4) is 0 Å². The molecule has 0 unspecified atom stereocenters. The van der Waals surface area contributed by atoms with Crippen LogP contribution in [0.2, 0.25) is 0 Å². The van der Waals surface area contributed by atoms with Crippen molar-refractivity contribution in [2.24, 2.45) is 5.92 Å². The Labute approximate surface area is 156 Å². The fourth-order valence-electron chi connectivity index (χ4n) is 2.84. The van der Waals surface area contributed by atoms with Crippen LogP contribution in [-0.4, -0.2) is 66.3 Å². The molecule has 0 aromatic carbocycles. The van der Waals surface area contributed by atoms with Crippen molar-refractivity contribution >= 4 is 23.7 Å². The van der Waals surface area contributed by atoms with Crippen molar-refractivity contribution in [3.05, 3.63) is 24.2 Å². The van der Waals surface area contributed by atoms with E-state index < -0.39 is 24.4 Å². The minimum Gasteiger partial charge on any atom is -0.467 e. The summed E-state index contributed by atoms with van der Waals surface area (Å²) in [4.78, 5) is 50.7. The molecule has 9 nitrogen and oxygen atoms in total. The first-order valence-electron chi connectivity index (χ1n) is 8.92. The SMILES string of the molecule is CN(CC(=O)NC1CC1)C(=O)COC(=O)[C@@H]1CC(=O)N(Cc2ccco2)C1. The Hall–Kier alpha value is -2.84. The van der Waals surface area contributed by atoms with Crippen LogP contribution in [0.3, 0.4) is 0 Å². The van der Waals surface area contributed by atoms with Crippen LogP contribution in [0.5, 0.6) is 0 Å². The number of carbonyl (C=O) groups excluding carboxylic acids is 4. The highest BCUT2D eigenvalue weighted by molar-refractivity contribution is 5.89. The molecule has 1 N–H and O–H groups in total. The molecule has 2 heterocycles. The second kappa shape index (κ2) is 8.24. The van der Waals surface area contributed by atoms with Crippen LogP contribution in [-0.2, 0) is 30.5 Å². The lowest BCUT2D eigenvalue weighted by Gasteiger charge is -2.17. The maximum absolute atomic E-state index is 12.2. The zero-order valence-electron chi connectivity index (χ0n) is 15.2. The quantitative estimate of drug-likeness (QED) is 0.634. The fraction of sp³-hybridized carbons (Fsp3) is 0.556. The summed E-state index contributed by atoms with van der Waals surface area (Å²) >= 11 is 0. The van der Waals surface area contributed by atoms with Crippen molar-refractivity contribution in [1.82, 2.24) is 15.1 Å². The van der Waals surface area contributed by atoms with Gasteiger partial charge >= 0.3 is 5.97 Å². The van der Waals surface area contributed by atoms with Crippen LogP contribution in [0.1, 0.15) is 25.0 Å². The summed E-state index contributed by atoms with van der Waals surface area (Å²) in [7, 11) is 1.48. The molecule has 1 saturated heterocycles. The summed E-state index contributed by atoms with van der Waals surface area (Å²) in [6.07, 6.45) is 3.51. The number of likely N-dealkylation sites (tertiary alicyclic amines) is 1. The van der Waals surface area contributed by atoms with Gasteiger partial charge in [0.05, 0.1) is 25.3 Å². The first-order chi connectivity index (χ1) is 12.9. The Morgan fingerprint density at radius 2 is 2.15 bits per heavy atom. The van der Waals surface area contributed by atoms with Gasteiger partial charge in [0.2, 0.25) is 11.8 Å². The average Bonchev–Trinajstić information content (AvgIpc) is 3.14. The highest BCUT2D eigenvalue weighted by Crippen LogP contribution is 2.21. The molecule has 3 rings (SSSR count). The number of hydrogen-bond donors (Lipinski definition) is 1. The van der Waals surface area contributed by atoms with E-state index in [1.165, 1.54) is 23.1 Å². The van der Waals surface area contributed by atoms with Gasteiger partial charge in [0.15, 0.2) is 6.61 Å². The van der Waals surface area contributed by atoms with Crippen molar-refractivity contribution in [2.75, 3.05) is 26.7 Å². The van der Waals surface area contributed by atoms with Crippen LogP contribution in [0.25, 0.3) is 0 Å². The van der Waals surface area contributed by atoms with E-state index in [0.717, 1.165) is 12.8 Å². The number of amides is 3. The summed E-state index contributed by atoms with van der Waals surface area (Å²) in [5.41, 5.74) is 0. The number of furan rings is 1. The van der Waals surface area contributed by atoms with E-state index >= 15 is 0 Å². The van der Waals surface area contributed by atoms with E-state index in [4.69, 9.17) is 9.15 Å². The molecule has 1 saturated carbocycles. The zero-order chi connectivity index (χ0) is 19.4. The molecule has 1 aliphatic carbocycles. The van der Waals surface area contributed by atoms with Crippen molar-refractivity contribution in [3.63, 3.8) is 0 Å². The molecular formula is C18H23N3O6. The molecule has 0 bridgehead atoms. The standard InChI is InChI=1S/C18H23N3O6/c1-20(10-15(22)19-13-4-5-13)17(24)11-27-18(25)12-7-16(23)21(8-12)9-14-3-2-6-26-14/h2-3,6,12-13H,4-5,7-11H2,1H3,(H,19,22)/t12-/m1/s1. The van der Waals surface area contributed by atoms with Gasteiger partial charge in [0.25, 0.3) is 5.91 Å². The van der Waals surface area contributed by atoms with E-state index in [1.807, 2.05) is 0 Å². The zero-order valence-corrected chi connectivity index (χ0v) is 15.2. The topological polar surface area (TPSA) is 109 Å².